The van der Waals surface area contributed by atoms with Crippen LogP contribution in [0.2, 0.25) is 0 Å². The van der Waals surface area contributed by atoms with Crippen LogP contribution in [0.5, 0.6) is 5.75 Å². The Hall–Kier alpha value is -1.80. The Morgan fingerprint density at radius 2 is 1.79 bits per heavy atom. The second kappa shape index (κ2) is 3.94. The summed E-state index contributed by atoms with van der Waals surface area (Å²) >= 11 is 0. The maximum Gasteiger partial charge on any atom is 0.176 e. The molecule has 0 aliphatic heterocycles. The third kappa shape index (κ3) is 1.60. The van der Waals surface area contributed by atoms with Gasteiger partial charge >= 0.3 is 0 Å². The second-order valence-electron chi connectivity index (χ2n) is 2.86. The van der Waals surface area contributed by atoms with Crippen molar-refractivity contribution in [1.82, 2.24) is 0 Å². The average molecular weight is 184 g/mol. The highest BCUT2D eigenvalue weighted by atomic mass is 17.1. The Labute approximate surface area is 82.3 Å². The average Bonchev–Trinajstić information content (AvgIpc) is 2.30. The molecule has 2 aromatic carbocycles. The third-order valence-electron chi connectivity index (χ3n) is 1.98. The van der Waals surface area contributed by atoms with Gasteiger partial charge in [-0.1, -0.05) is 42.5 Å². The fraction of sp³-hybridized carbons (Fsp3) is 0. The van der Waals surface area contributed by atoms with Gasteiger partial charge in [0, 0.05) is 10.8 Å². The topological polar surface area (TPSA) is 29.1 Å². The summed E-state index contributed by atoms with van der Waals surface area (Å²) in [7, 11) is 0. The summed E-state index contributed by atoms with van der Waals surface area (Å²) < 4.78 is 0. The van der Waals surface area contributed by atoms with E-state index in [4.69, 9.17) is 0 Å². The zero-order chi connectivity index (χ0) is 9.80. The summed E-state index contributed by atoms with van der Waals surface area (Å²) in [6, 6.07) is 17.6. The Bertz CT molecular complexity index is 410. The molecule has 0 fully saturated rings. The predicted molar refractivity (Wildman–Crippen MR) is 52.0 cm³/mol. The maximum atomic E-state index is 10.4. The van der Waals surface area contributed by atoms with Crippen molar-refractivity contribution < 1.29 is 10.1 Å². The van der Waals surface area contributed by atoms with E-state index in [2.05, 4.69) is 11.0 Å². The van der Waals surface area contributed by atoms with Crippen molar-refractivity contribution in [1.29, 1.82) is 0 Å². The van der Waals surface area contributed by atoms with Crippen LogP contribution in [0.4, 0.5) is 0 Å². The van der Waals surface area contributed by atoms with E-state index in [-0.39, 0.29) is 0 Å². The van der Waals surface area contributed by atoms with E-state index < -0.39 is 0 Å². The molecule has 0 atom stereocenters. The molecule has 2 aromatic rings. The first-order chi connectivity index (χ1) is 6.92. The Kier molecular flexibility index (Phi) is 2.47. The highest BCUT2D eigenvalue weighted by Gasteiger charge is 2.04. The first kappa shape index (κ1) is 8.78. The van der Waals surface area contributed by atoms with Crippen molar-refractivity contribution in [3.63, 3.8) is 0 Å². The van der Waals surface area contributed by atoms with Crippen LogP contribution in [0.15, 0.2) is 48.5 Å². The largest absolute Gasteiger partial charge is 0.305 e. The molecule has 2 radical (unpaired) electrons. The van der Waals surface area contributed by atoms with Crippen molar-refractivity contribution in [2.24, 2.45) is 0 Å². The summed E-state index contributed by atoms with van der Waals surface area (Å²) in [5.41, 5.74) is 1.63. The van der Waals surface area contributed by atoms with Crippen LogP contribution in [0, 0.1) is 6.07 Å². The SMILES string of the molecule is [O]Oc1ccccc1-c1[c]cccc1. The van der Waals surface area contributed by atoms with Gasteiger partial charge in [0.05, 0.1) is 0 Å². The minimum atomic E-state index is 0.329. The fourth-order valence-electron chi connectivity index (χ4n) is 1.32. The monoisotopic (exact) mass is 184 g/mol. The summed E-state index contributed by atoms with van der Waals surface area (Å²) in [5, 5.41) is 10.4. The lowest BCUT2D eigenvalue weighted by atomic mass is 10.1. The van der Waals surface area contributed by atoms with Gasteiger partial charge in [0.25, 0.3) is 0 Å². The molecule has 0 saturated heterocycles. The second-order valence-corrected chi connectivity index (χ2v) is 2.86. The number of benzene rings is 2. The number of rotatable bonds is 2. The van der Waals surface area contributed by atoms with Crippen LogP contribution in [-0.2, 0) is 5.26 Å². The molecule has 68 valence electrons. The molecule has 0 heterocycles. The van der Waals surface area contributed by atoms with Gasteiger partial charge < -0.3 is 4.89 Å². The van der Waals surface area contributed by atoms with Crippen molar-refractivity contribution in [2.75, 3.05) is 0 Å². The Balaban J connectivity index is 2.51. The van der Waals surface area contributed by atoms with Crippen molar-refractivity contribution in [3.8, 4) is 16.9 Å². The Morgan fingerprint density at radius 3 is 2.50 bits per heavy atom. The van der Waals surface area contributed by atoms with E-state index in [1.807, 2.05) is 30.3 Å². The zero-order valence-electron chi connectivity index (χ0n) is 7.44. The smallest absolute Gasteiger partial charge is 0.176 e. The fourth-order valence-corrected chi connectivity index (χ4v) is 1.32. The molecular weight excluding hydrogens is 176 g/mol. The molecule has 0 unspecified atom stereocenters. The van der Waals surface area contributed by atoms with E-state index in [1.54, 1.807) is 18.2 Å². The summed E-state index contributed by atoms with van der Waals surface area (Å²) in [4.78, 5) is 4.03. The summed E-state index contributed by atoms with van der Waals surface area (Å²) in [5.74, 6) is 0.329. The molecule has 2 rings (SSSR count). The van der Waals surface area contributed by atoms with E-state index in [0.717, 1.165) is 11.1 Å². The quantitative estimate of drug-likeness (QED) is 0.521. The summed E-state index contributed by atoms with van der Waals surface area (Å²) in [6.07, 6.45) is 0. The van der Waals surface area contributed by atoms with E-state index >= 15 is 0 Å². The van der Waals surface area contributed by atoms with Crippen LogP contribution in [-0.4, -0.2) is 0 Å². The first-order valence-corrected chi connectivity index (χ1v) is 4.28. The van der Waals surface area contributed by atoms with E-state index in [0.29, 0.717) is 5.75 Å². The number of para-hydroxylation sites is 1. The Morgan fingerprint density at radius 1 is 1.00 bits per heavy atom. The zero-order valence-corrected chi connectivity index (χ0v) is 7.44. The van der Waals surface area contributed by atoms with E-state index in [1.165, 1.54) is 0 Å². The standard InChI is InChI=1S/C12H8O2/c13-14-12-9-5-4-8-11(12)10-6-2-1-3-7-10/h1-6,8-9H. The molecule has 0 aromatic heterocycles. The normalized spacial score (nSPS) is 9.79. The van der Waals surface area contributed by atoms with Crippen LogP contribution in [0.1, 0.15) is 0 Å². The lowest BCUT2D eigenvalue weighted by molar-refractivity contribution is -0.208. The molecule has 0 bridgehead atoms. The lowest BCUT2D eigenvalue weighted by Crippen LogP contribution is -1.85. The van der Waals surface area contributed by atoms with Gasteiger partial charge in [-0.3, -0.25) is 0 Å². The van der Waals surface area contributed by atoms with Crippen molar-refractivity contribution in [2.45, 2.75) is 0 Å². The number of hydrogen-bond donors (Lipinski definition) is 0. The molecule has 0 amide bonds. The first-order valence-electron chi connectivity index (χ1n) is 4.28. The van der Waals surface area contributed by atoms with Crippen LogP contribution >= 0.6 is 0 Å². The van der Waals surface area contributed by atoms with E-state index in [9.17, 15) is 5.26 Å². The lowest BCUT2D eigenvalue weighted by Gasteiger charge is -2.03. The molecule has 0 aliphatic rings. The highest BCUT2D eigenvalue weighted by molar-refractivity contribution is 5.69. The van der Waals surface area contributed by atoms with Crippen molar-refractivity contribution in [3.05, 3.63) is 54.6 Å². The predicted octanol–water partition coefficient (Wildman–Crippen LogP) is 2.88. The molecule has 2 heteroatoms. The molecular formula is C12H8O2. The van der Waals surface area contributed by atoms with Gasteiger partial charge in [0.1, 0.15) is 0 Å². The third-order valence-corrected chi connectivity index (χ3v) is 1.98. The molecule has 14 heavy (non-hydrogen) atoms. The van der Waals surface area contributed by atoms with Gasteiger partial charge in [0.2, 0.25) is 0 Å². The van der Waals surface area contributed by atoms with Crippen molar-refractivity contribution >= 4 is 0 Å². The van der Waals surface area contributed by atoms with Crippen LogP contribution in [0.25, 0.3) is 11.1 Å². The van der Waals surface area contributed by atoms with Gasteiger partial charge in [-0.25, -0.2) is 0 Å². The van der Waals surface area contributed by atoms with Gasteiger partial charge in [-0.15, -0.1) is 0 Å². The summed E-state index contributed by atoms with van der Waals surface area (Å²) in [6.45, 7) is 0. The maximum absolute atomic E-state index is 10.4. The molecule has 2 nitrogen and oxygen atoms in total. The minimum absolute atomic E-state index is 0.329. The van der Waals surface area contributed by atoms with Gasteiger partial charge in [0.15, 0.2) is 5.75 Å². The molecule has 0 spiro atoms. The highest BCUT2D eigenvalue weighted by Crippen LogP contribution is 2.28. The van der Waals surface area contributed by atoms with Crippen LogP contribution < -0.4 is 4.89 Å². The van der Waals surface area contributed by atoms with Gasteiger partial charge in [-0.2, -0.15) is 0 Å². The molecule has 0 saturated carbocycles. The van der Waals surface area contributed by atoms with Crippen LogP contribution in [0.3, 0.4) is 0 Å². The van der Waals surface area contributed by atoms with Gasteiger partial charge in [-0.05, 0) is 17.7 Å². The molecule has 0 N–H and O–H groups in total. The molecule has 0 aliphatic carbocycles. The minimum Gasteiger partial charge on any atom is -0.305 e. The number of hydrogen-bond acceptors (Lipinski definition) is 1.